The van der Waals surface area contributed by atoms with E-state index in [0.717, 1.165) is 0 Å². The van der Waals surface area contributed by atoms with Crippen LogP contribution in [0.25, 0.3) is 0 Å². The molecule has 0 heterocycles. The number of aliphatic hydroxyl groups is 1. The van der Waals surface area contributed by atoms with E-state index in [9.17, 15) is 27.1 Å². The average Bonchev–Trinajstić information content (AvgIpc) is 2.40. The van der Waals surface area contributed by atoms with Crippen molar-refractivity contribution in [2.75, 3.05) is 0 Å². The van der Waals surface area contributed by atoms with Gasteiger partial charge in [0, 0.05) is 5.56 Å². The molecule has 122 valence electrons. The Kier molecular flexibility index (Phi) is 7.56. The van der Waals surface area contributed by atoms with E-state index in [2.05, 4.69) is 0 Å². The molecule has 0 saturated heterocycles. The van der Waals surface area contributed by atoms with Crippen LogP contribution in [0.4, 0.5) is 22.0 Å². The molecule has 0 bridgehead atoms. The zero-order valence-electron chi connectivity index (χ0n) is 11.5. The number of halogens is 6. The Balaban J connectivity index is 0.00000400. The number of hydrogen-bond acceptors (Lipinski definition) is 2. The molecule has 8 heteroatoms. The van der Waals surface area contributed by atoms with E-state index < -0.39 is 46.8 Å². The zero-order chi connectivity index (χ0) is 15.6. The lowest BCUT2D eigenvalue weighted by Gasteiger charge is -2.21. The fourth-order valence-corrected chi connectivity index (χ4v) is 1.79. The first-order valence-electron chi connectivity index (χ1n) is 6.13. The van der Waals surface area contributed by atoms with Gasteiger partial charge in [-0.3, -0.25) is 0 Å². The lowest BCUT2D eigenvalue weighted by Crippen LogP contribution is -2.29. The average molecular weight is 334 g/mol. The fourth-order valence-electron chi connectivity index (χ4n) is 1.79. The zero-order valence-corrected chi connectivity index (χ0v) is 12.3. The smallest absolute Gasteiger partial charge is 0.200 e. The second-order valence-electron chi connectivity index (χ2n) is 5.05. The van der Waals surface area contributed by atoms with Crippen molar-refractivity contribution in [3.05, 3.63) is 34.6 Å². The second kappa shape index (κ2) is 7.91. The van der Waals surface area contributed by atoms with E-state index in [0.29, 0.717) is 6.42 Å². The molecule has 2 atom stereocenters. The summed E-state index contributed by atoms with van der Waals surface area (Å²) in [5.41, 5.74) is 4.25. The van der Waals surface area contributed by atoms with Crippen LogP contribution in [0.2, 0.25) is 0 Å². The highest BCUT2D eigenvalue weighted by Crippen LogP contribution is 2.29. The summed E-state index contributed by atoms with van der Waals surface area (Å²) in [4.78, 5) is 0. The van der Waals surface area contributed by atoms with E-state index in [-0.39, 0.29) is 24.7 Å². The lowest BCUT2D eigenvalue weighted by atomic mass is 9.95. The molecule has 0 spiro atoms. The van der Waals surface area contributed by atoms with Crippen molar-refractivity contribution in [3.63, 3.8) is 0 Å². The van der Waals surface area contributed by atoms with E-state index in [1.807, 2.05) is 13.8 Å². The Morgan fingerprint density at radius 3 is 1.62 bits per heavy atom. The molecule has 0 amide bonds. The summed E-state index contributed by atoms with van der Waals surface area (Å²) in [5, 5.41) is 9.72. The van der Waals surface area contributed by atoms with Gasteiger partial charge < -0.3 is 10.8 Å². The fraction of sp³-hybridized carbons (Fsp3) is 0.538. The molecular formula is C13H17ClF5NO. The van der Waals surface area contributed by atoms with Crippen molar-refractivity contribution >= 4 is 12.4 Å². The minimum atomic E-state index is -2.24. The first-order valence-corrected chi connectivity index (χ1v) is 6.13. The van der Waals surface area contributed by atoms with Crippen LogP contribution in [-0.2, 0) is 0 Å². The predicted molar refractivity (Wildman–Crippen MR) is 70.5 cm³/mol. The Morgan fingerprint density at radius 2 is 1.24 bits per heavy atom. The number of nitrogens with two attached hydrogens (primary N) is 1. The van der Waals surface area contributed by atoms with Crippen LogP contribution in [0.5, 0.6) is 0 Å². The van der Waals surface area contributed by atoms with E-state index in [1.54, 1.807) is 0 Å². The molecule has 0 aliphatic heterocycles. The minimum absolute atomic E-state index is 0. The lowest BCUT2D eigenvalue weighted by molar-refractivity contribution is 0.124. The second-order valence-corrected chi connectivity index (χ2v) is 5.05. The summed E-state index contributed by atoms with van der Waals surface area (Å²) >= 11 is 0. The van der Waals surface area contributed by atoms with E-state index >= 15 is 0 Å². The van der Waals surface area contributed by atoms with Gasteiger partial charge in [-0.2, -0.15) is 0 Å². The molecular weight excluding hydrogens is 317 g/mol. The van der Waals surface area contributed by atoms with Gasteiger partial charge in [0.1, 0.15) is 0 Å². The van der Waals surface area contributed by atoms with Crippen molar-refractivity contribution in [2.45, 2.75) is 38.8 Å². The van der Waals surface area contributed by atoms with Gasteiger partial charge in [0.05, 0.1) is 12.1 Å². The first kappa shape index (κ1) is 20.1. The molecule has 0 aromatic heterocycles. The largest absolute Gasteiger partial charge is 0.391 e. The maximum Gasteiger partial charge on any atom is 0.200 e. The van der Waals surface area contributed by atoms with Crippen LogP contribution >= 0.6 is 12.4 Å². The van der Waals surface area contributed by atoms with Crippen LogP contribution in [0.3, 0.4) is 0 Å². The highest BCUT2D eigenvalue weighted by atomic mass is 35.5. The number of aliphatic hydroxyl groups excluding tert-OH is 1. The van der Waals surface area contributed by atoms with Gasteiger partial charge in [-0.25, -0.2) is 22.0 Å². The van der Waals surface area contributed by atoms with E-state index in [4.69, 9.17) is 5.73 Å². The molecule has 0 unspecified atom stereocenters. The van der Waals surface area contributed by atoms with Crippen molar-refractivity contribution in [1.29, 1.82) is 0 Å². The minimum Gasteiger partial charge on any atom is -0.391 e. The number of rotatable bonds is 5. The van der Waals surface area contributed by atoms with Crippen molar-refractivity contribution in [3.8, 4) is 0 Å². The van der Waals surface area contributed by atoms with Crippen LogP contribution in [0.1, 0.15) is 38.3 Å². The number of benzene rings is 1. The van der Waals surface area contributed by atoms with Crippen LogP contribution in [0.15, 0.2) is 0 Å². The summed E-state index contributed by atoms with van der Waals surface area (Å²) < 4.78 is 66.0. The van der Waals surface area contributed by atoms with Crippen LogP contribution in [-0.4, -0.2) is 11.2 Å². The highest BCUT2D eigenvalue weighted by Gasteiger charge is 2.31. The summed E-state index contributed by atoms with van der Waals surface area (Å²) in [5.74, 6) is -10.2. The molecule has 0 aliphatic carbocycles. The molecule has 0 aliphatic rings. The summed E-state index contributed by atoms with van der Waals surface area (Å²) in [6.07, 6.45) is -0.798. The summed E-state index contributed by atoms with van der Waals surface area (Å²) in [6, 6.07) is -1.68. The molecule has 0 saturated carbocycles. The van der Waals surface area contributed by atoms with Crippen molar-refractivity contribution in [1.82, 2.24) is 0 Å². The molecule has 2 nitrogen and oxygen atoms in total. The molecule has 1 aromatic carbocycles. The third-order valence-electron chi connectivity index (χ3n) is 3.03. The molecule has 1 aromatic rings. The quantitative estimate of drug-likeness (QED) is 0.491. The van der Waals surface area contributed by atoms with Gasteiger partial charge in [-0.15, -0.1) is 12.4 Å². The predicted octanol–water partition coefficient (Wildman–Crippen LogP) is 3.60. The highest BCUT2D eigenvalue weighted by molar-refractivity contribution is 5.85. The Labute approximate surface area is 125 Å². The van der Waals surface area contributed by atoms with Gasteiger partial charge in [0.2, 0.25) is 5.82 Å². The third-order valence-corrected chi connectivity index (χ3v) is 3.03. The topological polar surface area (TPSA) is 46.2 Å². The standard InChI is InChI=1S/C13H16F5NO.ClH/c1-5(2)3-4-6(20)13(19)7-8(14)10(16)12(18)11(17)9(7)15;/h5-6,13,20H,3-4,19H2,1-2H3;1H/t6-,13-;/m1./s1. The van der Waals surface area contributed by atoms with Gasteiger partial charge in [-0.05, 0) is 18.8 Å². The van der Waals surface area contributed by atoms with Crippen LogP contribution < -0.4 is 5.73 Å². The summed E-state index contributed by atoms with van der Waals surface area (Å²) in [6.45, 7) is 3.72. The van der Waals surface area contributed by atoms with Crippen molar-refractivity contribution in [2.24, 2.45) is 11.7 Å². The Hall–Kier alpha value is -0.920. The molecule has 0 fully saturated rings. The van der Waals surface area contributed by atoms with Gasteiger partial charge >= 0.3 is 0 Å². The monoisotopic (exact) mass is 333 g/mol. The van der Waals surface area contributed by atoms with Gasteiger partial charge in [-0.1, -0.05) is 13.8 Å². The maximum absolute atomic E-state index is 13.5. The Bertz CT molecular complexity index is 469. The SMILES string of the molecule is CC(C)CC[C@@H](O)[C@@H](N)c1c(F)c(F)c(F)c(F)c1F.Cl. The molecule has 1 rings (SSSR count). The normalized spacial score (nSPS) is 14.0. The van der Waals surface area contributed by atoms with Gasteiger partial charge in [0.15, 0.2) is 23.3 Å². The summed E-state index contributed by atoms with van der Waals surface area (Å²) in [7, 11) is 0. The van der Waals surface area contributed by atoms with Gasteiger partial charge in [0.25, 0.3) is 0 Å². The van der Waals surface area contributed by atoms with Crippen molar-refractivity contribution < 1.29 is 27.1 Å². The van der Waals surface area contributed by atoms with Crippen LogP contribution in [0, 0.1) is 35.0 Å². The maximum atomic E-state index is 13.5. The molecule has 0 radical (unpaired) electrons. The number of hydrogen-bond donors (Lipinski definition) is 2. The molecule has 3 N–H and O–H groups in total. The third kappa shape index (κ3) is 4.28. The Morgan fingerprint density at radius 1 is 0.857 bits per heavy atom. The first-order chi connectivity index (χ1) is 9.18. The van der Waals surface area contributed by atoms with E-state index in [1.165, 1.54) is 0 Å². The molecule has 21 heavy (non-hydrogen) atoms.